The molecular formula is C12H19N3S. The molecule has 1 fully saturated rings. The lowest BCUT2D eigenvalue weighted by Crippen LogP contribution is -2.44. The summed E-state index contributed by atoms with van der Waals surface area (Å²) in [5.41, 5.74) is 14.1. The lowest BCUT2D eigenvalue weighted by molar-refractivity contribution is 0.627. The predicted molar refractivity (Wildman–Crippen MR) is 74.0 cm³/mol. The molecular weight excluding hydrogens is 218 g/mol. The summed E-state index contributed by atoms with van der Waals surface area (Å²) in [4.78, 5) is 2.41. The summed E-state index contributed by atoms with van der Waals surface area (Å²) in [6, 6.07) is 6.48. The quantitative estimate of drug-likeness (QED) is 0.735. The average Bonchev–Trinajstić information content (AvgIpc) is 2.26. The molecule has 0 bridgehead atoms. The molecule has 0 amide bonds. The minimum atomic E-state index is 0.543. The number of rotatable bonds is 1. The molecule has 2 rings (SSSR count). The van der Waals surface area contributed by atoms with Gasteiger partial charge in [0.1, 0.15) is 0 Å². The van der Waals surface area contributed by atoms with Crippen LogP contribution in [-0.2, 0) is 0 Å². The van der Waals surface area contributed by atoms with E-state index in [0.29, 0.717) is 22.7 Å². The Bertz CT molecular complexity index is 381. The third-order valence-electron chi connectivity index (χ3n) is 3.29. The highest BCUT2D eigenvalue weighted by Crippen LogP contribution is 2.31. The molecule has 1 aliphatic heterocycles. The van der Waals surface area contributed by atoms with E-state index in [4.69, 9.17) is 11.5 Å². The van der Waals surface area contributed by atoms with Crippen LogP contribution in [0.15, 0.2) is 18.2 Å². The maximum Gasteiger partial charge on any atom is 0.0568 e. The summed E-state index contributed by atoms with van der Waals surface area (Å²) >= 11 is 2.03. The normalized spacial score (nSPS) is 25.8. The zero-order valence-corrected chi connectivity index (χ0v) is 10.6. The summed E-state index contributed by atoms with van der Waals surface area (Å²) in [7, 11) is 0. The topological polar surface area (TPSA) is 55.3 Å². The van der Waals surface area contributed by atoms with Crippen molar-refractivity contribution in [1.82, 2.24) is 0 Å². The Hall–Kier alpha value is -1.03. The van der Waals surface area contributed by atoms with Crippen molar-refractivity contribution < 1.29 is 0 Å². The molecule has 4 N–H and O–H groups in total. The molecule has 0 spiro atoms. The Morgan fingerprint density at radius 3 is 2.69 bits per heavy atom. The van der Waals surface area contributed by atoms with Crippen LogP contribution in [0, 0.1) is 0 Å². The minimum Gasteiger partial charge on any atom is -0.397 e. The van der Waals surface area contributed by atoms with Crippen molar-refractivity contribution in [3.63, 3.8) is 0 Å². The third-order valence-corrected chi connectivity index (χ3v) is 4.62. The second-order valence-corrected chi connectivity index (χ2v) is 5.81. The van der Waals surface area contributed by atoms with Crippen molar-refractivity contribution in [2.45, 2.75) is 25.1 Å². The first kappa shape index (κ1) is 11.5. The second kappa shape index (κ2) is 4.45. The molecule has 1 heterocycles. The van der Waals surface area contributed by atoms with Crippen molar-refractivity contribution in [3.8, 4) is 0 Å². The van der Waals surface area contributed by atoms with Gasteiger partial charge >= 0.3 is 0 Å². The Balaban J connectivity index is 2.25. The minimum absolute atomic E-state index is 0.543. The molecule has 0 aliphatic carbocycles. The number of nitrogens with two attached hydrogens (primary N) is 2. The zero-order chi connectivity index (χ0) is 11.7. The number of anilines is 3. The largest absolute Gasteiger partial charge is 0.397 e. The van der Waals surface area contributed by atoms with E-state index in [0.717, 1.165) is 6.54 Å². The van der Waals surface area contributed by atoms with Crippen LogP contribution < -0.4 is 16.4 Å². The summed E-state index contributed by atoms with van der Waals surface area (Å²) in [6.45, 7) is 5.63. The summed E-state index contributed by atoms with van der Waals surface area (Å²) < 4.78 is 0. The van der Waals surface area contributed by atoms with Crippen LogP contribution in [0.5, 0.6) is 0 Å². The van der Waals surface area contributed by atoms with E-state index in [1.807, 2.05) is 23.9 Å². The van der Waals surface area contributed by atoms with Gasteiger partial charge in [0.25, 0.3) is 0 Å². The molecule has 4 heteroatoms. The van der Waals surface area contributed by atoms with Crippen molar-refractivity contribution in [1.29, 1.82) is 0 Å². The summed E-state index contributed by atoms with van der Waals surface area (Å²) in [5, 5.41) is 0.660. The number of nitrogen functional groups attached to an aromatic ring is 2. The fourth-order valence-electron chi connectivity index (χ4n) is 2.04. The van der Waals surface area contributed by atoms with Crippen LogP contribution in [0.1, 0.15) is 13.8 Å². The standard InChI is InChI=1S/C12H19N3S/c1-8-9(2)16-6-5-15(8)10-3-4-11(13)12(14)7-10/h3-4,7-9H,5-6,13-14H2,1-2H3. The van der Waals surface area contributed by atoms with E-state index in [2.05, 4.69) is 24.8 Å². The molecule has 2 unspecified atom stereocenters. The Morgan fingerprint density at radius 2 is 2.00 bits per heavy atom. The van der Waals surface area contributed by atoms with E-state index >= 15 is 0 Å². The van der Waals surface area contributed by atoms with Gasteiger partial charge in [-0.2, -0.15) is 11.8 Å². The van der Waals surface area contributed by atoms with Crippen LogP contribution in [0.4, 0.5) is 17.1 Å². The second-order valence-electron chi connectivity index (χ2n) is 4.32. The van der Waals surface area contributed by atoms with Gasteiger partial charge in [0.15, 0.2) is 0 Å². The molecule has 88 valence electrons. The number of hydrogen-bond acceptors (Lipinski definition) is 4. The van der Waals surface area contributed by atoms with Crippen LogP contribution in [-0.4, -0.2) is 23.6 Å². The van der Waals surface area contributed by atoms with Crippen molar-refractivity contribution in [3.05, 3.63) is 18.2 Å². The summed E-state index contributed by atoms with van der Waals surface area (Å²) in [6.07, 6.45) is 0. The lowest BCUT2D eigenvalue weighted by atomic mass is 10.1. The number of benzene rings is 1. The van der Waals surface area contributed by atoms with Crippen molar-refractivity contribution in [2.24, 2.45) is 0 Å². The van der Waals surface area contributed by atoms with Gasteiger partial charge in [0.2, 0.25) is 0 Å². The van der Waals surface area contributed by atoms with Gasteiger partial charge in [0, 0.05) is 29.3 Å². The lowest BCUT2D eigenvalue weighted by Gasteiger charge is -2.39. The smallest absolute Gasteiger partial charge is 0.0568 e. The fourth-order valence-corrected chi connectivity index (χ4v) is 3.14. The van der Waals surface area contributed by atoms with E-state index in [9.17, 15) is 0 Å². The van der Waals surface area contributed by atoms with E-state index < -0.39 is 0 Å². The Morgan fingerprint density at radius 1 is 1.25 bits per heavy atom. The Labute approximate surface area is 101 Å². The molecule has 3 nitrogen and oxygen atoms in total. The van der Waals surface area contributed by atoms with Crippen LogP contribution in [0.3, 0.4) is 0 Å². The predicted octanol–water partition coefficient (Wildman–Crippen LogP) is 2.18. The SMILES string of the molecule is CC1SCCN(c2ccc(N)c(N)c2)C1C. The van der Waals surface area contributed by atoms with Gasteiger partial charge in [-0.25, -0.2) is 0 Å². The molecule has 0 aromatic heterocycles. The zero-order valence-electron chi connectivity index (χ0n) is 9.81. The molecule has 1 saturated heterocycles. The highest BCUT2D eigenvalue weighted by Gasteiger charge is 2.25. The van der Waals surface area contributed by atoms with Crippen molar-refractivity contribution >= 4 is 28.8 Å². The first-order valence-electron chi connectivity index (χ1n) is 5.63. The number of hydrogen-bond donors (Lipinski definition) is 2. The van der Waals surface area contributed by atoms with E-state index in [1.165, 1.54) is 11.4 Å². The molecule has 16 heavy (non-hydrogen) atoms. The molecule has 1 aromatic carbocycles. The maximum atomic E-state index is 5.85. The maximum absolute atomic E-state index is 5.85. The molecule has 1 aromatic rings. The average molecular weight is 237 g/mol. The summed E-state index contributed by atoms with van der Waals surface area (Å²) in [5.74, 6) is 1.18. The molecule has 1 aliphatic rings. The molecule has 0 saturated carbocycles. The van der Waals surface area contributed by atoms with E-state index in [1.54, 1.807) is 0 Å². The highest BCUT2D eigenvalue weighted by molar-refractivity contribution is 8.00. The monoisotopic (exact) mass is 237 g/mol. The van der Waals surface area contributed by atoms with Crippen molar-refractivity contribution in [2.75, 3.05) is 28.7 Å². The van der Waals surface area contributed by atoms with E-state index in [-0.39, 0.29) is 0 Å². The van der Waals surface area contributed by atoms with Gasteiger partial charge in [-0.05, 0) is 25.1 Å². The third kappa shape index (κ3) is 2.07. The van der Waals surface area contributed by atoms with Gasteiger partial charge in [-0.1, -0.05) is 6.92 Å². The van der Waals surface area contributed by atoms with Crippen LogP contribution >= 0.6 is 11.8 Å². The van der Waals surface area contributed by atoms with Gasteiger partial charge in [-0.3, -0.25) is 0 Å². The number of nitrogens with zero attached hydrogens (tertiary/aromatic N) is 1. The highest BCUT2D eigenvalue weighted by atomic mass is 32.2. The first-order valence-corrected chi connectivity index (χ1v) is 6.67. The Kier molecular flexibility index (Phi) is 3.19. The van der Waals surface area contributed by atoms with Crippen LogP contribution in [0.2, 0.25) is 0 Å². The van der Waals surface area contributed by atoms with Crippen LogP contribution in [0.25, 0.3) is 0 Å². The van der Waals surface area contributed by atoms with Gasteiger partial charge in [-0.15, -0.1) is 0 Å². The number of thioether (sulfide) groups is 1. The fraction of sp³-hybridized carbons (Fsp3) is 0.500. The molecule has 2 atom stereocenters. The first-order chi connectivity index (χ1) is 7.59. The van der Waals surface area contributed by atoms with Gasteiger partial charge < -0.3 is 16.4 Å². The molecule has 0 radical (unpaired) electrons. The van der Waals surface area contributed by atoms with Gasteiger partial charge in [0.05, 0.1) is 11.4 Å².